The van der Waals surface area contributed by atoms with E-state index >= 15 is 0 Å². The molecular weight excluding hydrogens is 364 g/mol. The minimum atomic E-state index is -0.301. The predicted molar refractivity (Wildman–Crippen MR) is 112 cm³/mol. The lowest BCUT2D eigenvalue weighted by Crippen LogP contribution is -2.39. The molecule has 0 spiro atoms. The summed E-state index contributed by atoms with van der Waals surface area (Å²) in [4.78, 5) is 27.8. The SMILES string of the molecule is COc1ccc([C@H](CC(=O)NC2CCCCC2)N2Cc3ccccc3C2=O)cc1. The normalized spacial score (nSPS) is 17.7. The number of rotatable bonds is 6. The van der Waals surface area contributed by atoms with E-state index in [0.29, 0.717) is 6.54 Å². The van der Waals surface area contributed by atoms with Crippen LogP contribution in [0.5, 0.6) is 5.75 Å². The van der Waals surface area contributed by atoms with E-state index in [1.807, 2.05) is 53.4 Å². The molecule has 2 amide bonds. The summed E-state index contributed by atoms with van der Waals surface area (Å²) in [6.45, 7) is 0.530. The van der Waals surface area contributed by atoms with E-state index < -0.39 is 0 Å². The number of carbonyl (C=O) groups excluding carboxylic acids is 2. The quantitative estimate of drug-likeness (QED) is 0.800. The Balaban J connectivity index is 1.56. The molecule has 0 bridgehead atoms. The second kappa shape index (κ2) is 8.68. The lowest BCUT2D eigenvalue weighted by Gasteiger charge is -2.29. The first-order chi connectivity index (χ1) is 14.2. The Morgan fingerprint density at radius 1 is 1.10 bits per heavy atom. The third kappa shape index (κ3) is 4.29. The third-order valence-corrected chi connectivity index (χ3v) is 6.08. The van der Waals surface area contributed by atoms with E-state index in [9.17, 15) is 9.59 Å². The number of hydrogen-bond acceptors (Lipinski definition) is 3. The highest BCUT2D eigenvalue weighted by molar-refractivity contribution is 5.98. The summed E-state index contributed by atoms with van der Waals surface area (Å²) >= 11 is 0. The van der Waals surface area contributed by atoms with Crippen molar-refractivity contribution >= 4 is 11.8 Å². The van der Waals surface area contributed by atoms with E-state index in [-0.39, 0.29) is 30.3 Å². The van der Waals surface area contributed by atoms with Gasteiger partial charge in [0.15, 0.2) is 0 Å². The summed E-state index contributed by atoms with van der Waals surface area (Å²) in [5, 5.41) is 3.20. The van der Waals surface area contributed by atoms with Crippen LogP contribution in [-0.4, -0.2) is 29.9 Å². The van der Waals surface area contributed by atoms with Crippen LogP contribution in [0.3, 0.4) is 0 Å². The molecule has 0 unspecified atom stereocenters. The lowest BCUT2D eigenvalue weighted by atomic mass is 9.95. The standard InChI is InChI=1S/C24H28N2O3/c1-29-20-13-11-17(12-14-20)22(15-23(27)25-19-8-3-2-4-9-19)26-16-18-7-5-6-10-21(18)24(26)28/h5-7,10-14,19,22H,2-4,8-9,15-16H2,1H3,(H,25,27)/t22-/m0/s1. The molecule has 29 heavy (non-hydrogen) atoms. The van der Waals surface area contributed by atoms with Gasteiger partial charge in [-0.25, -0.2) is 0 Å². The number of amides is 2. The van der Waals surface area contributed by atoms with Gasteiger partial charge in [0.25, 0.3) is 5.91 Å². The first-order valence-electron chi connectivity index (χ1n) is 10.5. The molecular formula is C24H28N2O3. The van der Waals surface area contributed by atoms with Gasteiger partial charge >= 0.3 is 0 Å². The molecule has 5 heteroatoms. The summed E-state index contributed by atoms with van der Waals surface area (Å²) in [5.74, 6) is 0.767. The molecule has 5 nitrogen and oxygen atoms in total. The van der Waals surface area contributed by atoms with Gasteiger partial charge in [-0.05, 0) is 42.2 Å². The van der Waals surface area contributed by atoms with Gasteiger partial charge in [0.2, 0.25) is 5.91 Å². The summed E-state index contributed by atoms with van der Waals surface area (Å²) < 4.78 is 5.27. The monoisotopic (exact) mass is 392 g/mol. The van der Waals surface area contributed by atoms with E-state index in [1.54, 1.807) is 7.11 Å². The molecule has 4 rings (SSSR count). The molecule has 1 saturated carbocycles. The maximum absolute atomic E-state index is 13.1. The third-order valence-electron chi connectivity index (χ3n) is 6.08. The summed E-state index contributed by atoms with van der Waals surface area (Å²) in [6.07, 6.45) is 5.96. The maximum atomic E-state index is 13.1. The fraction of sp³-hybridized carbons (Fsp3) is 0.417. The van der Waals surface area contributed by atoms with Gasteiger partial charge in [-0.3, -0.25) is 9.59 Å². The van der Waals surface area contributed by atoms with Crippen molar-refractivity contribution in [2.75, 3.05) is 7.11 Å². The van der Waals surface area contributed by atoms with Crippen LogP contribution in [0.15, 0.2) is 48.5 Å². The number of carbonyl (C=O) groups is 2. The Bertz CT molecular complexity index is 872. The average molecular weight is 392 g/mol. The van der Waals surface area contributed by atoms with Crippen molar-refractivity contribution in [1.29, 1.82) is 0 Å². The van der Waals surface area contributed by atoms with Crippen molar-refractivity contribution in [2.45, 2.75) is 57.2 Å². The molecule has 0 radical (unpaired) electrons. The molecule has 2 aliphatic rings. The van der Waals surface area contributed by atoms with Gasteiger partial charge in [-0.15, -0.1) is 0 Å². The zero-order valence-electron chi connectivity index (χ0n) is 16.9. The van der Waals surface area contributed by atoms with Gasteiger partial charge in [0.05, 0.1) is 19.6 Å². The number of hydrogen-bond donors (Lipinski definition) is 1. The van der Waals surface area contributed by atoms with Gasteiger partial charge in [0, 0.05) is 18.2 Å². The highest BCUT2D eigenvalue weighted by Gasteiger charge is 2.34. The van der Waals surface area contributed by atoms with Crippen LogP contribution in [0.25, 0.3) is 0 Å². The zero-order valence-corrected chi connectivity index (χ0v) is 16.9. The molecule has 0 aromatic heterocycles. The van der Waals surface area contributed by atoms with Gasteiger partial charge in [-0.1, -0.05) is 49.6 Å². The van der Waals surface area contributed by atoms with E-state index in [1.165, 1.54) is 19.3 Å². The van der Waals surface area contributed by atoms with Crippen molar-refractivity contribution in [3.05, 3.63) is 65.2 Å². The average Bonchev–Trinajstić information content (AvgIpc) is 3.09. The van der Waals surface area contributed by atoms with Gasteiger partial charge < -0.3 is 15.0 Å². The predicted octanol–water partition coefficient (Wildman–Crippen LogP) is 4.23. The molecule has 1 N–H and O–H groups in total. The van der Waals surface area contributed by atoms with Crippen LogP contribution in [0.2, 0.25) is 0 Å². The zero-order chi connectivity index (χ0) is 20.2. The van der Waals surface area contributed by atoms with Crippen LogP contribution in [0.1, 0.15) is 66.1 Å². The molecule has 1 heterocycles. The Hall–Kier alpha value is -2.82. The summed E-state index contributed by atoms with van der Waals surface area (Å²) in [5.41, 5.74) is 2.70. The number of nitrogens with zero attached hydrogens (tertiary/aromatic N) is 1. The second-order valence-electron chi connectivity index (χ2n) is 7.99. The Labute approximate surface area is 172 Å². The molecule has 2 aromatic rings. The number of ether oxygens (including phenoxy) is 1. The first-order valence-corrected chi connectivity index (χ1v) is 10.5. The first kappa shape index (κ1) is 19.5. The molecule has 0 saturated heterocycles. The lowest BCUT2D eigenvalue weighted by molar-refractivity contribution is -0.123. The number of fused-ring (bicyclic) bond motifs is 1. The summed E-state index contributed by atoms with van der Waals surface area (Å²) in [6, 6.07) is 15.3. The van der Waals surface area contributed by atoms with E-state index in [2.05, 4.69) is 5.32 Å². The Morgan fingerprint density at radius 3 is 2.52 bits per heavy atom. The fourth-order valence-corrected chi connectivity index (χ4v) is 4.47. The molecule has 1 aliphatic carbocycles. The minimum Gasteiger partial charge on any atom is -0.497 e. The van der Waals surface area contributed by atoms with Crippen molar-refractivity contribution in [3.63, 3.8) is 0 Å². The maximum Gasteiger partial charge on any atom is 0.255 e. The fourth-order valence-electron chi connectivity index (χ4n) is 4.47. The van der Waals surface area contributed by atoms with Crippen molar-refractivity contribution in [2.24, 2.45) is 0 Å². The molecule has 2 aromatic carbocycles. The largest absolute Gasteiger partial charge is 0.497 e. The van der Waals surface area contributed by atoms with Gasteiger partial charge in [-0.2, -0.15) is 0 Å². The topological polar surface area (TPSA) is 58.6 Å². The van der Waals surface area contributed by atoms with Crippen molar-refractivity contribution < 1.29 is 14.3 Å². The Kier molecular flexibility index (Phi) is 5.84. The number of nitrogens with one attached hydrogen (secondary N) is 1. The molecule has 1 fully saturated rings. The highest BCUT2D eigenvalue weighted by Crippen LogP contribution is 2.34. The summed E-state index contributed by atoms with van der Waals surface area (Å²) in [7, 11) is 1.63. The van der Waals surface area contributed by atoms with E-state index in [0.717, 1.165) is 35.3 Å². The van der Waals surface area contributed by atoms with Crippen LogP contribution in [0.4, 0.5) is 0 Å². The molecule has 1 aliphatic heterocycles. The van der Waals surface area contributed by atoms with Crippen molar-refractivity contribution in [3.8, 4) is 5.75 Å². The van der Waals surface area contributed by atoms with Crippen LogP contribution < -0.4 is 10.1 Å². The highest BCUT2D eigenvalue weighted by atomic mass is 16.5. The second-order valence-corrected chi connectivity index (χ2v) is 7.99. The van der Waals surface area contributed by atoms with Crippen LogP contribution >= 0.6 is 0 Å². The van der Waals surface area contributed by atoms with E-state index in [4.69, 9.17) is 4.74 Å². The van der Waals surface area contributed by atoms with Crippen LogP contribution in [-0.2, 0) is 11.3 Å². The van der Waals surface area contributed by atoms with Gasteiger partial charge in [0.1, 0.15) is 5.75 Å². The number of methoxy groups -OCH3 is 1. The molecule has 152 valence electrons. The smallest absolute Gasteiger partial charge is 0.255 e. The van der Waals surface area contributed by atoms with Crippen molar-refractivity contribution in [1.82, 2.24) is 10.2 Å². The molecule has 1 atom stereocenters. The van der Waals surface area contributed by atoms with Crippen LogP contribution in [0, 0.1) is 0 Å². The Morgan fingerprint density at radius 2 is 1.83 bits per heavy atom. The number of benzene rings is 2. The minimum absolute atomic E-state index is 0.00751.